The predicted octanol–water partition coefficient (Wildman–Crippen LogP) is 6.67. The molecular weight excluding hydrogens is 482 g/mol. The fourth-order valence-corrected chi connectivity index (χ4v) is 5.60. The van der Waals surface area contributed by atoms with Gasteiger partial charge in [0.2, 0.25) is 0 Å². The van der Waals surface area contributed by atoms with E-state index in [9.17, 15) is 22.4 Å². The molecule has 0 spiro atoms. The first-order valence-electron chi connectivity index (χ1n) is 13.4. The number of benzene rings is 1. The predicted molar refractivity (Wildman–Crippen MR) is 137 cm³/mol. The van der Waals surface area contributed by atoms with E-state index in [-0.39, 0.29) is 5.56 Å². The third-order valence-electron chi connectivity index (χ3n) is 7.76. The summed E-state index contributed by atoms with van der Waals surface area (Å²) in [7, 11) is 0. The van der Waals surface area contributed by atoms with Crippen LogP contribution in [-0.4, -0.2) is 48.4 Å². The number of hydrogen-bond donors (Lipinski definition) is 1. The maximum absolute atomic E-state index is 13.7. The number of nitrogens with zero attached hydrogens (tertiary/aromatic N) is 2. The molecule has 0 saturated carbocycles. The molecule has 0 unspecified atom stereocenters. The van der Waals surface area contributed by atoms with Gasteiger partial charge in [0, 0.05) is 18.7 Å². The molecule has 1 aliphatic carbocycles. The SMILES string of the molecule is CC1=C(N2CCC(CCN3CCCCC3)CC2)C(NC(=O)c2ccc(F)c(C(F)(F)F)c2)=CC=CCC1. The van der Waals surface area contributed by atoms with Crippen LogP contribution in [0.3, 0.4) is 0 Å². The second-order valence-electron chi connectivity index (χ2n) is 10.4. The molecule has 0 aromatic heterocycles. The highest BCUT2D eigenvalue weighted by molar-refractivity contribution is 5.96. The Morgan fingerprint density at radius 1 is 1.08 bits per heavy atom. The molecule has 1 N–H and O–H groups in total. The van der Waals surface area contributed by atoms with Crippen molar-refractivity contribution in [3.8, 4) is 0 Å². The van der Waals surface area contributed by atoms with Crippen molar-refractivity contribution in [2.45, 2.75) is 64.5 Å². The van der Waals surface area contributed by atoms with Crippen LogP contribution < -0.4 is 5.32 Å². The number of amides is 1. The van der Waals surface area contributed by atoms with Gasteiger partial charge >= 0.3 is 6.18 Å². The molecule has 2 heterocycles. The Bertz CT molecular complexity index is 1050. The molecule has 1 amide bonds. The molecule has 2 aliphatic heterocycles. The minimum atomic E-state index is -4.87. The van der Waals surface area contributed by atoms with E-state index in [2.05, 4.69) is 22.0 Å². The summed E-state index contributed by atoms with van der Waals surface area (Å²) in [5, 5.41) is 2.83. The van der Waals surface area contributed by atoms with Crippen molar-refractivity contribution in [2.24, 2.45) is 5.92 Å². The Morgan fingerprint density at radius 3 is 2.51 bits per heavy atom. The fourth-order valence-electron chi connectivity index (χ4n) is 5.60. The Kier molecular flexibility index (Phi) is 9.11. The molecule has 0 bridgehead atoms. The van der Waals surface area contributed by atoms with E-state index in [1.54, 1.807) is 0 Å². The van der Waals surface area contributed by atoms with Crippen LogP contribution in [0.5, 0.6) is 0 Å². The molecule has 8 heteroatoms. The van der Waals surface area contributed by atoms with Gasteiger partial charge in [-0.1, -0.05) is 18.6 Å². The van der Waals surface area contributed by atoms with Crippen LogP contribution in [0.4, 0.5) is 17.6 Å². The monoisotopic (exact) mass is 519 g/mol. The van der Waals surface area contributed by atoms with Gasteiger partial charge in [-0.25, -0.2) is 4.39 Å². The molecule has 2 fully saturated rings. The Labute approximate surface area is 217 Å². The summed E-state index contributed by atoms with van der Waals surface area (Å²) < 4.78 is 53.3. The van der Waals surface area contributed by atoms with Crippen molar-refractivity contribution < 1.29 is 22.4 Å². The minimum absolute atomic E-state index is 0.228. The highest BCUT2D eigenvalue weighted by atomic mass is 19.4. The maximum atomic E-state index is 13.7. The second kappa shape index (κ2) is 12.3. The van der Waals surface area contributed by atoms with Gasteiger partial charge in [-0.3, -0.25) is 4.79 Å². The van der Waals surface area contributed by atoms with E-state index in [4.69, 9.17) is 0 Å². The number of rotatable bonds is 6. The van der Waals surface area contributed by atoms with Gasteiger partial charge in [-0.15, -0.1) is 0 Å². The second-order valence-corrected chi connectivity index (χ2v) is 10.4. The van der Waals surface area contributed by atoms with Crippen LogP contribution in [0.15, 0.2) is 53.4 Å². The lowest BCUT2D eigenvalue weighted by molar-refractivity contribution is -0.140. The molecule has 1 aromatic rings. The molecule has 3 aliphatic rings. The first kappa shape index (κ1) is 27.4. The lowest BCUT2D eigenvalue weighted by Gasteiger charge is -2.38. The summed E-state index contributed by atoms with van der Waals surface area (Å²) in [6.07, 6.45) is 9.86. The molecule has 2 saturated heterocycles. The zero-order valence-corrected chi connectivity index (χ0v) is 21.5. The van der Waals surface area contributed by atoms with E-state index in [0.29, 0.717) is 23.7 Å². The van der Waals surface area contributed by atoms with Gasteiger partial charge in [0.1, 0.15) is 5.82 Å². The van der Waals surface area contributed by atoms with Gasteiger partial charge in [-0.05, 0) is 107 Å². The van der Waals surface area contributed by atoms with Gasteiger partial charge < -0.3 is 15.1 Å². The largest absolute Gasteiger partial charge is 0.419 e. The number of halogens is 4. The number of alkyl halides is 3. The highest BCUT2D eigenvalue weighted by Gasteiger charge is 2.35. The number of carbonyl (C=O) groups is 1. The molecule has 37 heavy (non-hydrogen) atoms. The van der Waals surface area contributed by atoms with Crippen LogP contribution in [0.25, 0.3) is 0 Å². The number of allylic oxidation sites excluding steroid dienone is 4. The number of carbonyl (C=O) groups excluding carboxylic acids is 1. The number of likely N-dealkylation sites (tertiary alicyclic amines) is 2. The Morgan fingerprint density at radius 2 is 1.81 bits per heavy atom. The van der Waals surface area contributed by atoms with Crippen LogP contribution in [-0.2, 0) is 6.18 Å². The topological polar surface area (TPSA) is 35.6 Å². The summed E-state index contributed by atoms with van der Waals surface area (Å²) in [6, 6.07) is 2.36. The first-order chi connectivity index (χ1) is 17.7. The number of piperidine rings is 2. The van der Waals surface area contributed by atoms with Gasteiger partial charge in [0.05, 0.1) is 17.0 Å². The van der Waals surface area contributed by atoms with Crippen molar-refractivity contribution >= 4 is 5.91 Å². The summed E-state index contributed by atoms with van der Waals surface area (Å²) in [6.45, 7) is 7.40. The van der Waals surface area contributed by atoms with Crippen LogP contribution in [0.1, 0.15) is 74.2 Å². The molecule has 0 atom stereocenters. The molecule has 4 nitrogen and oxygen atoms in total. The molecule has 4 rings (SSSR count). The maximum Gasteiger partial charge on any atom is 0.419 e. The third-order valence-corrected chi connectivity index (χ3v) is 7.76. The van der Waals surface area contributed by atoms with Crippen LogP contribution >= 0.6 is 0 Å². The van der Waals surface area contributed by atoms with E-state index < -0.39 is 23.5 Å². The molecular formula is C29H37F4N3O. The Balaban J connectivity index is 1.45. The third kappa shape index (κ3) is 7.24. The number of nitrogens with one attached hydrogen (secondary N) is 1. The lowest BCUT2D eigenvalue weighted by atomic mass is 9.91. The molecule has 1 aromatic carbocycles. The normalized spacial score (nSPS) is 20.5. The average Bonchev–Trinajstić information content (AvgIpc) is 2.87. The summed E-state index contributed by atoms with van der Waals surface area (Å²) >= 11 is 0. The van der Waals surface area contributed by atoms with Crippen LogP contribution in [0.2, 0.25) is 0 Å². The zero-order valence-electron chi connectivity index (χ0n) is 21.5. The first-order valence-corrected chi connectivity index (χ1v) is 13.4. The highest BCUT2D eigenvalue weighted by Crippen LogP contribution is 2.33. The van der Waals surface area contributed by atoms with E-state index in [1.807, 2.05) is 18.2 Å². The standard InChI is InChI=1S/C29H37F4N3O/c1-21-8-4-2-5-9-26(34-28(37)23-10-11-25(30)24(20-23)29(31,32)33)27(21)36-18-13-22(14-19-36)12-17-35-15-6-3-7-16-35/h2,5,9-11,20,22H,3-4,6-8,12-19H2,1H3,(H,34,37). The summed E-state index contributed by atoms with van der Waals surface area (Å²) in [4.78, 5) is 17.9. The van der Waals surface area contributed by atoms with Crippen molar-refractivity contribution in [1.29, 1.82) is 0 Å². The van der Waals surface area contributed by atoms with E-state index in [0.717, 1.165) is 62.7 Å². The lowest BCUT2D eigenvalue weighted by Crippen LogP contribution is -2.39. The smallest absolute Gasteiger partial charge is 0.370 e. The van der Waals surface area contributed by atoms with Crippen molar-refractivity contribution in [3.05, 3.63) is 70.3 Å². The van der Waals surface area contributed by atoms with Crippen molar-refractivity contribution in [2.75, 3.05) is 32.7 Å². The van der Waals surface area contributed by atoms with Gasteiger partial charge in [-0.2, -0.15) is 13.2 Å². The van der Waals surface area contributed by atoms with E-state index >= 15 is 0 Å². The molecule has 0 radical (unpaired) electrons. The van der Waals surface area contributed by atoms with Crippen molar-refractivity contribution in [3.63, 3.8) is 0 Å². The number of hydrogen-bond acceptors (Lipinski definition) is 3. The van der Waals surface area contributed by atoms with Crippen molar-refractivity contribution in [1.82, 2.24) is 15.1 Å². The minimum Gasteiger partial charge on any atom is -0.370 e. The summed E-state index contributed by atoms with van der Waals surface area (Å²) in [5.74, 6) is -1.40. The van der Waals surface area contributed by atoms with Crippen LogP contribution in [0, 0.1) is 11.7 Å². The quantitative estimate of drug-likeness (QED) is 0.427. The van der Waals surface area contributed by atoms with E-state index in [1.165, 1.54) is 38.8 Å². The van der Waals surface area contributed by atoms with Gasteiger partial charge in [0.25, 0.3) is 5.91 Å². The fraction of sp³-hybridized carbons (Fsp3) is 0.552. The summed E-state index contributed by atoms with van der Waals surface area (Å²) in [5.41, 5.74) is 0.991. The zero-order chi connectivity index (χ0) is 26.4. The average molecular weight is 520 g/mol. The Hall–Kier alpha value is -2.61. The van der Waals surface area contributed by atoms with Gasteiger partial charge in [0.15, 0.2) is 0 Å². The molecule has 202 valence electrons.